The van der Waals surface area contributed by atoms with Gasteiger partial charge in [0.1, 0.15) is 0 Å². The second-order valence-electron chi connectivity index (χ2n) is 2.18. The number of hydrogen-bond acceptors (Lipinski definition) is 0. The monoisotopic (exact) mass is 320 g/mol. The Bertz CT molecular complexity index is 165. The van der Waals surface area contributed by atoms with E-state index in [-0.39, 0.29) is 63.8 Å². The van der Waals surface area contributed by atoms with Gasteiger partial charge in [0.05, 0.1) is 0 Å². The maximum atomic E-state index is 2.12. The van der Waals surface area contributed by atoms with Crippen LogP contribution in [0.2, 0.25) is 0 Å². The van der Waals surface area contributed by atoms with Gasteiger partial charge >= 0.3 is 52.4 Å². The quantitative estimate of drug-likeness (QED) is 0.634. The smallest absolute Gasteiger partial charge is 1.00 e. The van der Waals surface area contributed by atoms with Crippen LogP contribution in [0.25, 0.3) is 0 Å². The molecule has 0 fully saturated rings. The second-order valence-corrected chi connectivity index (χ2v) is 2.18. The van der Waals surface area contributed by atoms with Crippen LogP contribution in [0.15, 0.2) is 48.6 Å². The number of allylic oxidation sites excluding steroid dienone is 8. The van der Waals surface area contributed by atoms with Crippen molar-refractivity contribution in [3.8, 4) is 0 Å². The summed E-state index contributed by atoms with van der Waals surface area (Å²) in [6.45, 7) is 0. The third-order valence-corrected chi connectivity index (χ3v) is 1.31. The van der Waals surface area contributed by atoms with Gasteiger partial charge in [0.15, 0.2) is 0 Å². The van der Waals surface area contributed by atoms with Crippen molar-refractivity contribution in [1.29, 1.82) is 0 Å². The maximum absolute atomic E-state index is 2.12. The van der Waals surface area contributed by atoms with Crippen LogP contribution in [0, 0.1) is 0 Å². The predicted molar refractivity (Wildman–Crippen MR) is 54.7 cm³/mol. The summed E-state index contributed by atoms with van der Waals surface area (Å²) in [6, 6.07) is 0. The first-order chi connectivity index (χ1) is 5.00. The van der Waals surface area contributed by atoms with Gasteiger partial charge < -0.3 is 11.4 Å². The average molecular weight is 323 g/mol. The van der Waals surface area contributed by atoms with Crippen molar-refractivity contribution in [3.63, 3.8) is 0 Å². The Hall–Kier alpha value is 0.726. The van der Waals surface area contributed by atoms with E-state index >= 15 is 0 Å². The van der Waals surface area contributed by atoms with Crippen molar-refractivity contribution < 1.29 is 63.8 Å². The largest absolute Gasteiger partial charge is 4.00 e. The van der Waals surface area contributed by atoms with Gasteiger partial charge in [-0.15, -0.1) is 0 Å². The van der Waals surface area contributed by atoms with Crippen molar-refractivity contribution in [2.24, 2.45) is 0 Å². The van der Waals surface area contributed by atoms with Gasteiger partial charge in [0.2, 0.25) is 0 Å². The molecule has 0 nitrogen and oxygen atoms in total. The van der Waals surface area contributed by atoms with Crippen LogP contribution in [0.4, 0.5) is 0 Å². The average Bonchev–Trinajstić information content (AvgIpc) is 2.67. The van der Waals surface area contributed by atoms with E-state index < -0.39 is 0 Å². The molecule has 0 aromatic heterocycles. The topological polar surface area (TPSA) is 0 Å². The van der Waals surface area contributed by atoms with Gasteiger partial charge in [-0.2, -0.15) is 0 Å². The van der Waals surface area contributed by atoms with Crippen molar-refractivity contribution in [3.05, 3.63) is 48.6 Å². The molecule has 2 rings (SSSR count). The minimum Gasteiger partial charge on any atom is -1.00 e. The molecule has 2 aliphatic rings. The van der Waals surface area contributed by atoms with Crippen LogP contribution in [0.5, 0.6) is 0 Å². The molecule has 0 spiro atoms. The van der Waals surface area contributed by atoms with Gasteiger partial charge in [-0.05, 0) is 12.8 Å². The fraction of sp³-hybridized carbons (Fsp3) is 0.200. The first kappa shape index (κ1) is 15.2. The van der Waals surface area contributed by atoms with E-state index in [1.54, 1.807) is 0 Å². The summed E-state index contributed by atoms with van der Waals surface area (Å²) in [5.41, 5.74) is 0. The van der Waals surface area contributed by atoms with E-state index in [0.29, 0.717) is 0 Å². The van der Waals surface area contributed by atoms with Crippen LogP contribution in [0.1, 0.15) is 24.3 Å². The minimum absolute atomic E-state index is 0. The van der Waals surface area contributed by atoms with Crippen LogP contribution in [0.3, 0.4) is 0 Å². The fourth-order valence-electron chi connectivity index (χ4n) is 0.786. The molecule has 0 N–H and O–H groups in total. The Balaban J connectivity index is -0.00000000833. The van der Waals surface area contributed by atoms with Crippen molar-refractivity contribution in [2.75, 3.05) is 0 Å². The molecule has 0 amide bonds. The SMILES string of the molecule is C1=CCC=C1.C1=CCC=C1.[H-].[H-].[H-].[H-].[H-].[H-].[H-].[H-].[Zr+4].[Zr+4]. The van der Waals surface area contributed by atoms with E-state index in [9.17, 15) is 0 Å². The summed E-state index contributed by atoms with van der Waals surface area (Å²) < 4.78 is 0. The molecule has 0 radical (unpaired) electrons. The Labute approximate surface area is 125 Å². The normalized spacial score (nSPS) is 14.7. The second kappa shape index (κ2) is 11.7. The standard InChI is InChI=1S/2C5H6.2Zr.8H/c2*1-2-4-5-3-1;;;;;;;;;;/h2*1-4H,5H2;;;;;;;;;;/q;;2*+4;8*-1. The van der Waals surface area contributed by atoms with E-state index in [1.165, 1.54) is 0 Å². The Morgan fingerprint density at radius 1 is 0.583 bits per heavy atom. The summed E-state index contributed by atoms with van der Waals surface area (Å²) in [5.74, 6) is 0. The van der Waals surface area contributed by atoms with Gasteiger partial charge in [-0.1, -0.05) is 48.6 Å². The number of hydrogen-bond donors (Lipinski definition) is 0. The molecule has 0 aromatic carbocycles. The molecule has 2 heteroatoms. The van der Waals surface area contributed by atoms with Crippen molar-refractivity contribution >= 4 is 0 Å². The molecular weight excluding hydrogens is 303 g/mol. The molecule has 0 saturated carbocycles. The Morgan fingerprint density at radius 2 is 0.833 bits per heavy atom. The van der Waals surface area contributed by atoms with Gasteiger partial charge in [0, 0.05) is 0 Å². The fourth-order valence-corrected chi connectivity index (χ4v) is 0.786. The molecule has 0 saturated heterocycles. The predicted octanol–water partition coefficient (Wildman–Crippen LogP) is 3.90. The van der Waals surface area contributed by atoms with Crippen molar-refractivity contribution in [2.45, 2.75) is 12.8 Å². The van der Waals surface area contributed by atoms with Crippen LogP contribution < -0.4 is 0 Å². The first-order valence-electron chi connectivity index (χ1n) is 3.63. The maximum Gasteiger partial charge on any atom is 4.00 e. The van der Waals surface area contributed by atoms with Crippen LogP contribution >= 0.6 is 0 Å². The third-order valence-electron chi connectivity index (χ3n) is 1.31. The molecule has 0 heterocycles. The summed E-state index contributed by atoms with van der Waals surface area (Å²) in [4.78, 5) is 0. The van der Waals surface area contributed by atoms with Gasteiger partial charge in [-0.25, -0.2) is 0 Å². The summed E-state index contributed by atoms with van der Waals surface area (Å²) >= 11 is 0. The summed E-state index contributed by atoms with van der Waals surface area (Å²) in [5, 5.41) is 0. The third kappa shape index (κ3) is 8.82. The minimum atomic E-state index is 0. The molecule has 12 heavy (non-hydrogen) atoms. The Morgan fingerprint density at radius 3 is 0.917 bits per heavy atom. The van der Waals surface area contributed by atoms with Crippen LogP contribution in [-0.2, 0) is 52.4 Å². The molecule has 68 valence electrons. The Kier molecular flexibility index (Phi) is 14.9. The van der Waals surface area contributed by atoms with E-state index in [4.69, 9.17) is 0 Å². The molecule has 0 aliphatic heterocycles. The zero-order chi connectivity index (χ0) is 7.07. The molecule has 0 unspecified atom stereocenters. The zero-order valence-electron chi connectivity index (χ0n) is 15.0. The molecular formula is C10H20Zr2. The summed E-state index contributed by atoms with van der Waals surface area (Å²) in [7, 11) is 0. The molecule has 0 atom stereocenters. The number of rotatable bonds is 0. The van der Waals surface area contributed by atoms with Gasteiger partial charge in [0.25, 0.3) is 0 Å². The van der Waals surface area contributed by atoms with E-state index in [2.05, 4.69) is 48.6 Å². The zero-order valence-corrected chi connectivity index (χ0v) is 11.9. The molecule has 0 aromatic rings. The van der Waals surface area contributed by atoms with Crippen molar-refractivity contribution in [1.82, 2.24) is 0 Å². The molecule has 0 bridgehead atoms. The summed E-state index contributed by atoms with van der Waals surface area (Å²) in [6.07, 6.45) is 19.0. The first-order valence-corrected chi connectivity index (χ1v) is 3.63. The molecule has 2 aliphatic carbocycles. The van der Waals surface area contributed by atoms with E-state index in [0.717, 1.165) is 12.8 Å². The van der Waals surface area contributed by atoms with E-state index in [1.807, 2.05) is 0 Å². The van der Waals surface area contributed by atoms with Crippen LogP contribution in [-0.4, -0.2) is 0 Å². The van der Waals surface area contributed by atoms with Gasteiger partial charge in [-0.3, -0.25) is 0 Å².